The average molecular weight is 353 g/mol. The number of anilines is 1. The summed E-state index contributed by atoms with van der Waals surface area (Å²) in [5.41, 5.74) is 8.20. The second-order valence-electron chi connectivity index (χ2n) is 6.89. The number of rotatable bonds is 2. The third kappa shape index (κ3) is 2.57. The number of hydrogen-bond donors (Lipinski definition) is 2. The van der Waals surface area contributed by atoms with Crippen LogP contribution >= 0.6 is 0 Å². The van der Waals surface area contributed by atoms with E-state index in [4.69, 9.17) is 5.73 Å². The molecule has 2 amide bonds. The lowest BCUT2D eigenvalue weighted by molar-refractivity contribution is -0.133. The summed E-state index contributed by atoms with van der Waals surface area (Å²) in [4.78, 5) is 26.3. The van der Waals surface area contributed by atoms with Gasteiger partial charge in [-0.15, -0.1) is 0 Å². The zero-order chi connectivity index (χ0) is 18.3. The number of hydrogen-bond acceptors (Lipinski definition) is 3. The highest BCUT2D eigenvalue weighted by molar-refractivity contribution is 6.07. The first-order valence-corrected chi connectivity index (χ1v) is 8.73. The first kappa shape index (κ1) is 16.7. The predicted molar refractivity (Wildman–Crippen MR) is 97.0 cm³/mol. The molecule has 26 heavy (non-hydrogen) atoms. The molecule has 1 saturated heterocycles. The van der Waals surface area contributed by atoms with Crippen LogP contribution in [-0.2, 0) is 15.0 Å². The number of carbonyl (C=O) groups is 2. The summed E-state index contributed by atoms with van der Waals surface area (Å²) >= 11 is 0. The van der Waals surface area contributed by atoms with Crippen LogP contribution in [0.25, 0.3) is 11.1 Å². The highest BCUT2D eigenvalue weighted by atomic mass is 19.1. The number of likely N-dealkylation sites (tertiary alicyclic amines) is 1. The average Bonchev–Trinajstić information content (AvgIpc) is 2.93. The molecular weight excluding hydrogens is 333 g/mol. The van der Waals surface area contributed by atoms with Crippen LogP contribution in [0.15, 0.2) is 42.5 Å². The maximum Gasteiger partial charge on any atom is 0.236 e. The molecule has 0 saturated carbocycles. The Morgan fingerprint density at radius 3 is 2.58 bits per heavy atom. The molecule has 0 atom stereocenters. The molecule has 5 nitrogen and oxygen atoms in total. The van der Waals surface area contributed by atoms with Crippen molar-refractivity contribution < 1.29 is 14.0 Å². The molecule has 0 aromatic heterocycles. The van der Waals surface area contributed by atoms with Gasteiger partial charge in [0.15, 0.2) is 0 Å². The maximum atomic E-state index is 13.6. The molecule has 0 radical (unpaired) electrons. The Kier molecular flexibility index (Phi) is 4.00. The quantitative estimate of drug-likeness (QED) is 0.870. The fraction of sp³-hybridized carbons (Fsp3) is 0.300. The second kappa shape index (κ2) is 6.21. The number of halogens is 1. The van der Waals surface area contributed by atoms with Crippen molar-refractivity contribution in [3.63, 3.8) is 0 Å². The van der Waals surface area contributed by atoms with Crippen LogP contribution in [0.3, 0.4) is 0 Å². The Balaban J connectivity index is 1.69. The van der Waals surface area contributed by atoms with Gasteiger partial charge in [-0.25, -0.2) is 4.39 Å². The molecule has 0 aliphatic carbocycles. The molecule has 2 aliphatic heterocycles. The molecule has 2 aliphatic rings. The molecule has 1 spiro atoms. The van der Waals surface area contributed by atoms with Crippen molar-refractivity contribution in [1.82, 2.24) is 4.90 Å². The predicted octanol–water partition coefficient (Wildman–Crippen LogP) is 2.26. The molecule has 1 fully saturated rings. The minimum Gasteiger partial charge on any atom is -0.342 e. The first-order valence-electron chi connectivity index (χ1n) is 8.73. The van der Waals surface area contributed by atoms with Crippen molar-refractivity contribution in [2.75, 3.05) is 25.0 Å². The van der Waals surface area contributed by atoms with Crippen molar-refractivity contribution in [2.24, 2.45) is 5.73 Å². The lowest BCUT2D eigenvalue weighted by Gasteiger charge is -2.38. The van der Waals surface area contributed by atoms with E-state index >= 15 is 0 Å². The molecule has 0 bridgehead atoms. The summed E-state index contributed by atoms with van der Waals surface area (Å²) < 4.78 is 13.6. The van der Waals surface area contributed by atoms with Crippen LogP contribution in [0.2, 0.25) is 0 Å². The number of benzene rings is 2. The monoisotopic (exact) mass is 353 g/mol. The lowest BCUT2D eigenvalue weighted by atomic mass is 9.73. The summed E-state index contributed by atoms with van der Waals surface area (Å²) in [6.45, 7) is 1.000. The van der Waals surface area contributed by atoms with E-state index < -0.39 is 5.41 Å². The molecule has 2 aromatic carbocycles. The molecule has 134 valence electrons. The maximum absolute atomic E-state index is 13.6. The summed E-state index contributed by atoms with van der Waals surface area (Å²) in [7, 11) is 0. The fourth-order valence-corrected chi connectivity index (χ4v) is 4.02. The number of carbonyl (C=O) groups excluding carboxylic acids is 2. The highest BCUT2D eigenvalue weighted by Gasteiger charge is 2.48. The minimum absolute atomic E-state index is 0.0144. The van der Waals surface area contributed by atoms with Gasteiger partial charge in [-0.05, 0) is 53.8 Å². The summed E-state index contributed by atoms with van der Waals surface area (Å²) in [6, 6.07) is 12.2. The number of nitrogens with zero attached hydrogens (tertiary/aromatic N) is 1. The lowest BCUT2D eigenvalue weighted by Crippen LogP contribution is -2.49. The van der Waals surface area contributed by atoms with Crippen molar-refractivity contribution in [2.45, 2.75) is 18.3 Å². The van der Waals surface area contributed by atoms with E-state index in [-0.39, 0.29) is 24.2 Å². The number of piperidine rings is 1. The third-order valence-corrected chi connectivity index (χ3v) is 5.52. The van der Waals surface area contributed by atoms with Gasteiger partial charge in [-0.3, -0.25) is 9.59 Å². The van der Waals surface area contributed by atoms with Gasteiger partial charge in [0.2, 0.25) is 11.8 Å². The van der Waals surface area contributed by atoms with Crippen LogP contribution in [0.5, 0.6) is 0 Å². The van der Waals surface area contributed by atoms with E-state index in [1.165, 1.54) is 12.1 Å². The highest BCUT2D eigenvalue weighted by Crippen LogP contribution is 2.46. The van der Waals surface area contributed by atoms with Crippen molar-refractivity contribution in [1.29, 1.82) is 0 Å². The van der Waals surface area contributed by atoms with Crippen molar-refractivity contribution in [3.05, 3.63) is 53.8 Å². The Morgan fingerprint density at radius 2 is 1.88 bits per heavy atom. The van der Waals surface area contributed by atoms with Crippen LogP contribution < -0.4 is 11.1 Å². The topological polar surface area (TPSA) is 75.4 Å². The first-order chi connectivity index (χ1) is 12.5. The summed E-state index contributed by atoms with van der Waals surface area (Å²) in [5, 5.41) is 2.96. The van der Waals surface area contributed by atoms with E-state index in [1.54, 1.807) is 11.0 Å². The minimum atomic E-state index is -0.635. The SMILES string of the molecule is NCC(=O)N1CCC2(CC1)C(=O)Nc1ccc(-c3cccc(F)c3)cc12. The normalized spacial score (nSPS) is 17.9. The van der Waals surface area contributed by atoms with Gasteiger partial charge in [0.25, 0.3) is 0 Å². The van der Waals surface area contributed by atoms with Gasteiger partial charge in [0.1, 0.15) is 5.82 Å². The van der Waals surface area contributed by atoms with Gasteiger partial charge in [0.05, 0.1) is 12.0 Å². The van der Waals surface area contributed by atoms with E-state index in [2.05, 4.69) is 5.32 Å². The molecule has 6 heteroatoms. The van der Waals surface area contributed by atoms with Gasteiger partial charge < -0.3 is 16.0 Å². The molecular formula is C20H20FN3O2. The Bertz CT molecular complexity index is 888. The van der Waals surface area contributed by atoms with E-state index in [9.17, 15) is 14.0 Å². The largest absolute Gasteiger partial charge is 0.342 e. The standard InChI is InChI=1S/C20H20FN3O2/c21-15-3-1-2-13(10-15)14-4-5-17-16(11-14)20(19(26)23-17)6-8-24(9-7-20)18(25)12-22/h1-5,10-11H,6-9,12,22H2,(H,23,26). The van der Waals surface area contributed by atoms with E-state index in [1.807, 2.05) is 24.3 Å². The smallest absolute Gasteiger partial charge is 0.236 e. The fourth-order valence-electron chi connectivity index (χ4n) is 4.02. The third-order valence-electron chi connectivity index (χ3n) is 5.52. The van der Waals surface area contributed by atoms with Gasteiger partial charge in [-0.1, -0.05) is 18.2 Å². The Hall–Kier alpha value is -2.73. The summed E-state index contributed by atoms with van der Waals surface area (Å²) in [5.74, 6) is -0.406. The van der Waals surface area contributed by atoms with E-state index in [0.29, 0.717) is 25.9 Å². The van der Waals surface area contributed by atoms with Gasteiger partial charge in [-0.2, -0.15) is 0 Å². The number of fused-ring (bicyclic) bond motifs is 2. The van der Waals surface area contributed by atoms with Crippen LogP contribution in [0.1, 0.15) is 18.4 Å². The van der Waals surface area contributed by atoms with Crippen LogP contribution in [-0.4, -0.2) is 36.3 Å². The van der Waals surface area contributed by atoms with Crippen LogP contribution in [0.4, 0.5) is 10.1 Å². The number of nitrogens with one attached hydrogen (secondary N) is 1. The van der Waals surface area contributed by atoms with Gasteiger partial charge >= 0.3 is 0 Å². The number of nitrogens with two attached hydrogens (primary N) is 1. The molecule has 2 heterocycles. The molecule has 4 rings (SSSR count). The molecule has 3 N–H and O–H groups in total. The van der Waals surface area contributed by atoms with E-state index in [0.717, 1.165) is 22.4 Å². The summed E-state index contributed by atoms with van der Waals surface area (Å²) in [6.07, 6.45) is 1.12. The zero-order valence-electron chi connectivity index (χ0n) is 14.3. The molecule has 2 aromatic rings. The van der Waals surface area contributed by atoms with Crippen molar-refractivity contribution in [3.8, 4) is 11.1 Å². The second-order valence-corrected chi connectivity index (χ2v) is 6.89. The number of amides is 2. The Morgan fingerprint density at radius 1 is 1.15 bits per heavy atom. The molecule has 0 unspecified atom stereocenters. The van der Waals surface area contributed by atoms with Gasteiger partial charge in [0, 0.05) is 18.8 Å². The van der Waals surface area contributed by atoms with Crippen molar-refractivity contribution >= 4 is 17.5 Å². The van der Waals surface area contributed by atoms with Crippen LogP contribution in [0, 0.1) is 5.82 Å². The Labute approximate surface area is 151 Å². The zero-order valence-corrected chi connectivity index (χ0v) is 14.3.